The first kappa shape index (κ1) is 14.8. The van der Waals surface area contributed by atoms with E-state index in [1.54, 1.807) is 12.4 Å². The largest absolute Gasteiger partial charge is 0.488 e. The molecule has 0 aliphatic carbocycles. The molecule has 1 aliphatic heterocycles. The van der Waals surface area contributed by atoms with Crippen molar-refractivity contribution >= 4 is 5.91 Å². The highest BCUT2D eigenvalue weighted by Crippen LogP contribution is 2.20. The summed E-state index contributed by atoms with van der Waals surface area (Å²) in [5, 5.41) is 0. The van der Waals surface area contributed by atoms with Crippen molar-refractivity contribution in [2.45, 2.75) is 45.6 Å². The van der Waals surface area contributed by atoms with E-state index in [1.807, 2.05) is 17.0 Å². The number of carbonyl (C=O) groups is 1. The lowest BCUT2D eigenvalue weighted by atomic mass is 9.99. The van der Waals surface area contributed by atoms with Gasteiger partial charge in [0.2, 0.25) is 5.91 Å². The van der Waals surface area contributed by atoms with Gasteiger partial charge < -0.3 is 9.64 Å². The Morgan fingerprint density at radius 3 is 2.75 bits per heavy atom. The number of hydrogen-bond acceptors (Lipinski definition) is 3. The van der Waals surface area contributed by atoms with Crippen molar-refractivity contribution in [2.75, 3.05) is 13.1 Å². The molecule has 20 heavy (non-hydrogen) atoms. The Bertz CT molecular complexity index is 418. The molecule has 4 heteroatoms. The summed E-state index contributed by atoms with van der Waals surface area (Å²) in [5.41, 5.74) is 0. The average molecular weight is 276 g/mol. The minimum absolute atomic E-state index is 0.101. The lowest BCUT2D eigenvalue weighted by molar-refractivity contribution is -0.138. The van der Waals surface area contributed by atoms with Gasteiger partial charge in [-0.05, 0) is 37.8 Å². The summed E-state index contributed by atoms with van der Waals surface area (Å²) in [6.45, 7) is 5.74. The highest BCUT2D eigenvalue weighted by Gasteiger charge is 2.28. The van der Waals surface area contributed by atoms with Gasteiger partial charge in [-0.15, -0.1) is 0 Å². The summed E-state index contributed by atoms with van der Waals surface area (Å²) < 4.78 is 5.95. The summed E-state index contributed by atoms with van der Waals surface area (Å²) in [6, 6.07) is 3.73. The van der Waals surface area contributed by atoms with Crippen molar-refractivity contribution in [1.29, 1.82) is 0 Å². The van der Waals surface area contributed by atoms with Crippen LogP contribution in [-0.2, 0) is 4.79 Å². The van der Waals surface area contributed by atoms with Crippen molar-refractivity contribution in [3.63, 3.8) is 0 Å². The molecule has 1 aliphatic rings. The van der Waals surface area contributed by atoms with Crippen LogP contribution in [0.5, 0.6) is 5.75 Å². The Morgan fingerprint density at radius 1 is 1.40 bits per heavy atom. The third-order valence-corrected chi connectivity index (χ3v) is 3.98. The Hall–Kier alpha value is -1.58. The van der Waals surface area contributed by atoms with Gasteiger partial charge in [0.25, 0.3) is 0 Å². The number of aromatic nitrogens is 1. The van der Waals surface area contributed by atoms with Gasteiger partial charge in [0, 0.05) is 24.9 Å². The van der Waals surface area contributed by atoms with Crippen molar-refractivity contribution in [3.05, 3.63) is 24.5 Å². The third kappa shape index (κ3) is 3.71. The first-order valence-corrected chi connectivity index (χ1v) is 7.60. The number of hydrogen-bond donors (Lipinski definition) is 0. The second-order valence-electron chi connectivity index (χ2n) is 5.36. The molecule has 2 rings (SSSR count). The molecular formula is C16H24N2O2. The Kier molecular flexibility index (Phi) is 5.39. The van der Waals surface area contributed by atoms with E-state index in [-0.39, 0.29) is 17.9 Å². The van der Waals surface area contributed by atoms with Crippen LogP contribution in [0.3, 0.4) is 0 Å². The number of rotatable bonds is 5. The highest BCUT2D eigenvalue weighted by atomic mass is 16.5. The molecule has 1 saturated heterocycles. The fourth-order valence-electron chi connectivity index (χ4n) is 2.74. The molecular weight excluding hydrogens is 252 g/mol. The number of pyridine rings is 1. The molecule has 1 atom stereocenters. The summed E-state index contributed by atoms with van der Waals surface area (Å²) >= 11 is 0. The number of nitrogens with zero attached hydrogens (tertiary/aromatic N) is 2. The standard InChI is InChI=1S/C16H24N2O2/c1-3-13(4-2)16(19)18-11-5-6-15(12-18)20-14-7-9-17-10-8-14/h7-10,13,15H,3-6,11-12H2,1-2H3. The predicted molar refractivity (Wildman–Crippen MR) is 78.5 cm³/mol. The maximum absolute atomic E-state index is 12.4. The number of ether oxygens (including phenoxy) is 1. The molecule has 0 aromatic carbocycles. The van der Waals surface area contributed by atoms with E-state index in [1.165, 1.54) is 0 Å². The highest BCUT2D eigenvalue weighted by molar-refractivity contribution is 5.78. The Morgan fingerprint density at radius 2 is 2.10 bits per heavy atom. The molecule has 0 saturated carbocycles. The van der Waals surface area contributed by atoms with Crippen molar-refractivity contribution in [2.24, 2.45) is 5.92 Å². The number of amides is 1. The van der Waals surface area contributed by atoms with Gasteiger partial charge in [0.1, 0.15) is 11.9 Å². The normalized spacial score (nSPS) is 19.1. The molecule has 0 radical (unpaired) electrons. The van der Waals surface area contributed by atoms with Crippen LogP contribution in [0.15, 0.2) is 24.5 Å². The van der Waals surface area contributed by atoms with E-state index in [2.05, 4.69) is 18.8 Å². The van der Waals surface area contributed by atoms with Gasteiger partial charge in [-0.3, -0.25) is 9.78 Å². The van der Waals surface area contributed by atoms with Crippen LogP contribution in [-0.4, -0.2) is 35.0 Å². The number of likely N-dealkylation sites (tertiary alicyclic amines) is 1. The summed E-state index contributed by atoms with van der Waals surface area (Å²) in [6.07, 6.45) is 7.42. The van der Waals surface area contributed by atoms with Crippen LogP contribution in [0.2, 0.25) is 0 Å². The zero-order valence-electron chi connectivity index (χ0n) is 12.4. The molecule has 1 aromatic rings. The topological polar surface area (TPSA) is 42.4 Å². The van der Waals surface area contributed by atoms with E-state index in [0.29, 0.717) is 6.54 Å². The SMILES string of the molecule is CCC(CC)C(=O)N1CCCC(Oc2ccncc2)C1. The van der Waals surface area contributed by atoms with Crippen LogP contribution >= 0.6 is 0 Å². The van der Waals surface area contributed by atoms with E-state index < -0.39 is 0 Å². The first-order valence-electron chi connectivity index (χ1n) is 7.60. The molecule has 1 amide bonds. The smallest absolute Gasteiger partial charge is 0.225 e. The second kappa shape index (κ2) is 7.27. The fourth-order valence-corrected chi connectivity index (χ4v) is 2.74. The van der Waals surface area contributed by atoms with Gasteiger partial charge in [-0.25, -0.2) is 0 Å². The molecule has 4 nitrogen and oxygen atoms in total. The van der Waals surface area contributed by atoms with Crippen LogP contribution in [0.25, 0.3) is 0 Å². The summed E-state index contributed by atoms with van der Waals surface area (Å²) in [4.78, 5) is 18.4. The fraction of sp³-hybridized carbons (Fsp3) is 0.625. The summed E-state index contributed by atoms with van der Waals surface area (Å²) in [5.74, 6) is 1.29. The van der Waals surface area contributed by atoms with E-state index in [9.17, 15) is 4.79 Å². The molecule has 0 spiro atoms. The molecule has 1 unspecified atom stereocenters. The second-order valence-corrected chi connectivity index (χ2v) is 5.36. The molecule has 0 N–H and O–H groups in total. The first-order chi connectivity index (χ1) is 9.74. The third-order valence-electron chi connectivity index (χ3n) is 3.98. The maximum atomic E-state index is 12.4. The lowest BCUT2D eigenvalue weighted by Crippen LogP contribution is -2.46. The van der Waals surface area contributed by atoms with E-state index >= 15 is 0 Å². The van der Waals surface area contributed by atoms with Gasteiger partial charge in [0.15, 0.2) is 0 Å². The summed E-state index contributed by atoms with van der Waals surface area (Å²) in [7, 11) is 0. The zero-order valence-corrected chi connectivity index (χ0v) is 12.4. The maximum Gasteiger partial charge on any atom is 0.225 e. The number of piperidine rings is 1. The quantitative estimate of drug-likeness (QED) is 0.830. The molecule has 110 valence electrons. The monoisotopic (exact) mass is 276 g/mol. The number of carbonyl (C=O) groups excluding carboxylic acids is 1. The van der Waals surface area contributed by atoms with Crippen LogP contribution in [0.1, 0.15) is 39.5 Å². The molecule has 1 fully saturated rings. The van der Waals surface area contributed by atoms with Gasteiger partial charge >= 0.3 is 0 Å². The minimum atomic E-state index is 0.101. The van der Waals surface area contributed by atoms with Crippen molar-refractivity contribution in [1.82, 2.24) is 9.88 Å². The molecule has 2 heterocycles. The molecule has 0 bridgehead atoms. The Balaban J connectivity index is 1.93. The zero-order chi connectivity index (χ0) is 14.4. The Labute approximate surface area is 121 Å². The van der Waals surface area contributed by atoms with Crippen LogP contribution < -0.4 is 4.74 Å². The van der Waals surface area contributed by atoms with Crippen LogP contribution in [0, 0.1) is 5.92 Å². The minimum Gasteiger partial charge on any atom is -0.488 e. The van der Waals surface area contributed by atoms with Gasteiger partial charge in [-0.1, -0.05) is 13.8 Å². The molecule has 1 aromatic heterocycles. The van der Waals surface area contributed by atoms with Gasteiger partial charge in [0.05, 0.1) is 6.54 Å². The van der Waals surface area contributed by atoms with E-state index in [0.717, 1.165) is 38.0 Å². The average Bonchev–Trinajstić information content (AvgIpc) is 2.49. The van der Waals surface area contributed by atoms with Gasteiger partial charge in [-0.2, -0.15) is 0 Å². The van der Waals surface area contributed by atoms with E-state index in [4.69, 9.17) is 4.74 Å². The van der Waals surface area contributed by atoms with Crippen LogP contribution in [0.4, 0.5) is 0 Å². The van der Waals surface area contributed by atoms with Crippen molar-refractivity contribution < 1.29 is 9.53 Å². The predicted octanol–water partition coefficient (Wildman–Crippen LogP) is 2.89. The lowest BCUT2D eigenvalue weighted by Gasteiger charge is -2.34. The van der Waals surface area contributed by atoms with Crippen molar-refractivity contribution in [3.8, 4) is 5.75 Å².